The molecule has 11 heteroatoms. The number of nitrogens with one attached hydrogen (secondary N) is 2. The molecule has 0 saturated carbocycles. The van der Waals surface area contributed by atoms with Gasteiger partial charge in [-0.25, -0.2) is 4.98 Å². The van der Waals surface area contributed by atoms with Crippen LogP contribution in [0.15, 0.2) is 29.8 Å². The molecule has 3 amide bonds. The number of hydrogen-bond donors (Lipinski definition) is 3. The van der Waals surface area contributed by atoms with Gasteiger partial charge in [-0.2, -0.15) is 0 Å². The molecule has 2 aromatic rings. The summed E-state index contributed by atoms with van der Waals surface area (Å²) in [5.74, 6) is -1.05. The van der Waals surface area contributed by atoms with Gasteiger partial charge >= 0.3 is 0 Å². The molecule has 10 nitrogen and oxygen atoms in total. The van der Waals surface area contributed by atoms with Gasteiger partial charge in [0.25, 0.3) is 0 Å². The standard InChI is InChI=1S/C29H42N4O6S/c1-6-38-13-14-39-12-11-24(35)32-26(29(3,4)5)28(37)33-17-22(34)15-23(33)27(36)30-16-20-7-9-21(10-8-20)25-19(2)31-18-40-25/h7-10,18,22-23,26,34H,6,11-17H2,1-5H3,(H,30,36)(H,32,35)/t22-,23-,26+/m0/s1. The third-order valence-corrected chi connectivity index (χ3v) is 7.74. The van der Waals surface area contributed by atoms with Crippen molar-refractivity contribution in [1.82, 2.24) is 20.5 Å². The van der Waals surface area contributed by atoms with Crippen molar-refractivity contribution in [3.8, 4) is 10.4 Å². The van der Waals surface area contributed by atoms with Crippen LogP contribution in [0.4, 0.5) is 0 Å². The van der Waals surface area contributed by atoms with E-state index in [4.69, 9.17) is 9.47 Å². The number of nitrogens with zero attached hydrogens (tertiary/aromatic N) is 2. The second-order valence-corrected chi connectivity index (χ2v) is 11.9. The zero-order valence-electron chi connectivity index (χ0n) is 24.1. The number of aliphatic hydroxyl groups excluding tert-OH is 1. The Bertz CT molecular complexity index is 1130. The average Bonchev–Trinajstić information content (AvgIpc) is 3.52. The first-order valence-corrected chi connectivity index (χ1v) is 14.6. The molecule has 1 aromatic carbocycles. The monoisotopic (exact) mass is 574 g/mol. The Hall–Kier alpha value is -2.86. The molecule has 0 spiro atoms. The van der Waals surface area contributed by atoms with Gasteiger partial charge in [0.1, 0.15) is 12.1 Å². The van der Waals surface area contributed by atoms with Crippen molar-refractivity contribution in [2.24, 2.45) is 5.41 Å². The lowest BCUT2D eigenvalue weighted by molar-refractivity contribution is -0.144. The number of benzene rings is 1. The lowest BCUT2D eigenvalue weighted by atomic mass is 9.85. The summed E-state index contributed by atoms with van der Waals surface area (Å²) in [5.41, 5.74) is 4.16. The molecule has 3 N–H and O–H groups in total. The number of hydrogen-bond acceptors (Lipinski definition) is 8. The molecule has 1 aromatic heterocycles. The fourth-order valence-corrected chi connectivity index (χ4v) is 5.35. The van der Waals surface area contributed by atoms with E-state index >= 15 is 0 Å². The lowest BCUT2D eigenvalue weighted by Gasteiger charge is -2.35. The number of aryl methyl sites for hydroxylation is 1. The second kappa shape index (κ2) is 14.7. The first kappa shape index (κ1) is 31.7. The van der Waals surface area contributed by atoms with Crippen LogP contribution in [0.5, 0.6) is 0 Å². The van der Waals surface area contributed by atoms with Crippen molar-refractivity contribution >= 4 is 29.1 Å². The molecule has 3 rings (SSSR count). The van der Waals surface area contributed by atoms with Crippen LogP contribution >= 0.6 is 11.3 Å². The Kier molecular flexibility index (Phi) is 11.6. The van der Waals surface area contributed by atoms with Crippen LogP contribution in [-0.2, 0) is 30.4 Å². The number of thiazole rings is 1. The van der Waals surface area contributed by atoms with Crippen LogP contribution in [0, 0.1) is 12.3 Å². The first-order valence-electron chi connectivity index (χ1n) is 13.7. The Labute approximate surface area is 240 Å². The molecule has 220 valence electrons. The number of amides is 3. The molecule has 1 aliphatic rings. The van der Waals surface area contributed by atoms with Crippen LogP contribution in [-0.4, -0.2) is 83.9 Å². The Morgan fingerprint density at radius 3 is 2.48 bits per heavy atom. The lowest BCUT2D eigenvalue weighted by Crippen LogP contribution is -2.57. The van der Waals surface area contributed by atoms with Gasteiger partial charge in [0, 0.05) is 32.5 Å². The number of likely N-dealkylation sites (tertiary alicyclic amines) is 1. The molecule has 0 unspecified atom stereocenters. The van der Waals surface area contributed by atoms with E-state index in [1.165, 1.54) is 4.90 Å². The maximum Gasteiger partial charge on any atom is 0.246 e. The van der Waals surface area contributed by atoms with E-state index in [-0.39, 0.29) is 50.3 Å². The van der Waals surface area contributed by atoms with Crippen molar-refractivity contribution in [2.45, 2.75) is 72.2 Å². The zero-order valence-corrected chi connectivity index (χ0v) is 24.9. The Morgan fingerprint density at radius 2 is 1.85 bits per heavy atom. The Balaban J connectivity index is 1.59. The van der Waals surface area contributed by atoms with Crippen molar-refractivity contribution in [2.75, 3.05) is 33.0 Å². The van der Waals surface area contributed by atoms with E-state index in [0.717, 1.165) is 21.7 Å². The summed E-state index contributed by atoms with van der Waals surface area (Å²) in [6.07, 6.45) is -0.587. The minimum absolute atomic E-state index is 0.0306. The van der Waals surface area contributed by atoms with Crippen molar-refractivity contribution in [3.05, 3.63) is 41.0 Å². The maximum absolute atomic E-state index is 13.7. The molecule has 1 aliphatic heterocycles. The summed E-state index contributed by atoms with van der Waals surface area (Å²) in [6, 6.07) is 6.20. The molecule has 1 fully saturated rings. The average molecular weight is 575 g/mol. The molecule has 2 heterocycles. The minimum Gasteiger partial charge on any atom is -0.391 e. The molecule has 40 heavy (non-hydrogen) atoms. The molecule has 3 atom stereocenters. The minimum atomic E-state index is -0.869. The highest BCUT2D eigenvalue weighted by Crippen LogP contribution is 2.28. The fourth-order valence-electron chi connectivity index (χ4n) is 4.54. The van der Waals surface area contributed by atoms with Crippen LogP contribution in [0.25, 0.3) is 10.4 Å². The number of carbonyl (C=O) groups is 3. The predicted molar refractivity (Wildman–Crippen MR) is 154 cm³/mol. The van der Waals surface area contributed by atoms with Crippen molar-refractivity contribution in [1.29, 1.82) is 0 Å². The first-order chi connectivity index (χ1) is 19.0. The highest BCUT2D eigenvalue weighted by Gasteiger charge is 2.44. The number of ether oxygens (including phenoxy) is 2. The molecule has 1 saturated heterocycles. The van der Waals surface area contributed by atoms with Crippen molar-refractivity contribution < 1.29 is 29.0 Å². The Morgan fingerprint density at radius 1 is 1.15 bits per heavy atom. The van der Waals surface area contributed by atoms with Gasteiger partial charge in [-0.15, -0.1) is 11.3 Å². The van der Waals surface area contributed by atoms with Crippen LogP contribution < -0.4 is 10.6 Å². The van der Waals surface area contributed by atoms with Gasteiger partial charge in [0.05, 0.1) is 42.0 Å². The normalized spacial score (nSPS) is 18.0. The fraction of sp³-hybridized carbons (Fsp3) is 0.586. The van der Waals surface area contributed by atoms with Gasteiger partial charge in [0.15, 0.2) is 0 Å². The largest absolute Gasteiger partial charge is 0.391 e. The summed E-state index contributed by atoms with van der Waals surface area (Å²) in [5, 5.41) is 16.1. The third-order valence-electron chi connectivity index (χ3n) is 6.76. The van der Waals surface area contributed by atoms with Gasteiger partial charge in [0.2, 0.25) is 17.7 Å². The maximum atomic E-state index is 13.7. The highest BCUT2D eigenvalue weighted by atomic mass is 32.1. The molecular formula is C29H42N4O6S. The smallest absolute Gasteiger partial charge is 0.246 e. The number of aromatic nitrogens is 1. The number of aliphatic hydroxyl groups is 1. The van der Waals surface area contributed by atoms with E-state index in [0.29, 0.717) is 19.8 Å². The molecule has 0 radical (unpaired) electrons. The summed E-state index contributed by atoms with van der Waals surface area (Å²) in [4.78, 5) is 46.3. The summed E-state index contributed by atoms with van der Waals surface area (Å²) < 4.78 is 10.6. The number of carbonyl (C=O) groups excluding carboxylic acids is 3. The van der Waals surface area contributed by atoms with Crippen LogP contribution in [0.1, 0.15) is 51.8 Å². The van der Waals surface area contributed by atoms with E-state index in [9.17, 15) is 19.5 Å². The topological polar surface area (TPSA) is 130 Å². The van der Waals surface area contributed by atoms with E-state index in [2.05, 4.69) is 15.6 Å². The summed E-state index contributed by atoms with van der Waals surface area (Å²) in [7, 11) is 0. The molecule has 0 bridgehead atoms. The predicted octanol–water partition coefficient (Wildman–Crippen LogP) is 2.67. The molecule has 0 aliphatic carbocycles. The number of β-amino-alcohol motifs (C(OH)–C–C–N with tert-alkyl or cyclic N) is 1. The van der Waals surface area contributed by atoms with Crippen LogP contribution in [0.2, 0.25) is 0 Å². The highest BCUT2D eigenvalue weighted by molar-refractivity contribution is 7.13. The third kappa shape index (κ3) is 8.82. The molecular weight excluding hydrogens is 532 g/mol. The SMILES string of the molecule is CCOCCOCCC(=O)N[C@H](C(=O)N1C[C@@H](O)C[C@H]1C(=O)NCc1ccc(-c2scnc2C)cc1)C(C)(C)C. The van der Waals surface area contributed by atoms with Crippen molar-refractivity contribution in [3.63, 3.8) is 0 Å². The number of rotatable bonds is 13. The zero-order chi connectivity index (χ0) is 29.3. The van der Waals surface area contributed by atoms with Gasteiger partial charge in [-0.3, -0.25) is 14.4 Å². The second-order valence-electron chi connectivity index (χ2n) is 11.0. The van der Waals surface area contributed by atoms with Crippen LogP contribution in [0.3, 0.4) is 0 Å². The quantitative estimate of drug-likeness (QED) is 0.314. The summed E-state index contributed by atoms with van der Waals surface area (Å²) in [6.45, 7) is 11.4. The van der Waals surface area contributed by atoms with Gasteiger partial charge in [-0.05, 0) is 30.4 Å². The van der Waals surface area contributed by atoms with E-state index < -0.39 is 23.6 Å². The van der Waals surface area contributed by atoms with E-state index in [1.807, 2.05) is 64.4 Å². The summed E-state index contributed by atoms with van der Waals surface area (Å²) >= 11 is 1.58. The van der Waals surface area contributed by atoms with Gasteiger partial charge in [-0.1, -0.05) is 45.0 Å². The van der Waals surface area contributed by atoms with E-state index in [1.54, 1.807) is 11.3 Å². The van der Waals surface area contributed by atoms with Gasteiger partial charge < -0.3 is 30.1 Å².